The van der Waals surface area contributed by atoms with Crippen molar-refractivity contribution in [1.82, 2.24) is 14.9 Å². The van der Waals surface area contributed by atoms with Crippen LogP contribution in [-0.4, -0.2) is 31.8 Å². The summed E-state index contributed by atoms with van der Waals surface area (Å²) in [5.41, 5.74) is 0.842. The summed E-state index contributed by atoms with van der Waals surface area (Å²) in [5, 5.41) is 3.95. The van der Waals surface area contributed by atoms with Crippen molar-refractivity contribution in [3.05, 3.63) is 16.1 Å². The summed E-state index contributed by atoms with van der Waals surface area (Å²) in [7, 11) is 1.07. The van der Waals surface area contributed by atoms with Crippen LogP contribution in [0.2, 0.25) is 10.4 Å². The summed E-state index contributed by atoms with van der Waals surface area (Å²) >= 11 is 11.7. The van der Waals surface area contributed by atoms with E-state index in [9.17, 15) is 4.21 Å². The Morgan fingerprint density at radius 3 is 2.69 bits per heavy atom. The normalized spacial score (nSPS) is 13.0. The topological polar surface area (TPSA) is 46.9 Å². The molecule has 0 spiro atoms. The standard InChI is InChI=1S/C9H15Cl2N3OS/c1-3-16(15)5-4-12-6-7-8(10)13-9(11)14(7)2/h12H,3-6H2,1-2H3. The molecule has 0 aromatic carbocycles. The van der Waals surface area contributed by atoms with Gasteiger partial charge in [0.15, 0.2) is 5.15 Å². The lowest BCUT2D eigenvalue weighted by molar-refractivity contribution is 0.662. The minimum Gasteiger partial charge on any atom is -0.319 e. The second-order valence-electron chi connectivity index (χ2n) is 3.29. The second-order valence-corrected chi connectivity index (χ2v) is 5.85. The highest BCUT2D eigenvalue weighted by Crippen LogP contribution is 2.18. The lowest BCUT2D eigenvalue weighted by Crippen LogP contribution is -2.22. The van der Waals surface area contributed by atoms with Crippen LogP contribution in [0.5, 0.6) is 0 Å². The van der Waals surface area contributed by atoms with E-state index in [1.807, 2.05) is 14.0 Å². The molecular weight excluding hydrogens is 269 g/mol. The average Bonchev–Trinajstić information content (AvgIpc) is 2.49. The van der Waals surface area contributed by atoms with E-state index >= 15 is 0 Å². The third-order valence-electron chi connectivity index (χ3n) is 2.23. The van der Waals surface area contributed by atoms with Gasteiger partial charge in [0.25, 0.3) is 0 Å². The summed E-state index contributed by atoms with van der Waals surface area (Å²) in [6, 6.07) is 0. The second kappa shape index (κ2) is 6.59. The van der Waals surface area contributed by atoms with Crippen molar-refractivity contribution in [1.29, 1.82) is 0 Å². The number of imidazole rings is 1. The first-order valence-corrected chi connectivity index (χ1v) is 7.23. The number of hydrogen-bond acceptors (Lipinski definition) is 3. The van der Waals surface area contributed by atoms with E-state index in [0.717, 1.165) is 5.69 Å². The number of nitrogens with one attached hydrogen (secondary N) is 1. The van der Waals surface area contributed by atoms with Gasteiger partial charge in [-0.25, -0.2) is 4.98 Å². The summed E-state index contributed by atoms with van der Waals surface area (Å²) in [6.07, 6.45) is 0. The van der Waals surface area contributed by atoms with Gasteiger partial charge >= 0.3 is 0 Å². The van der Waals surface area contributed by atoms with Crippen LogP contribution in [0.3, 0.4) is 0 Å². The lowest BCUT2D eigenvalue weighted by atomic mass is 10.4. The molecule has 0 saturated carbocycles. The van der Waals surface area contributed by atoms with Gasteiger partial charge in [0.1, 0.15) is 0 Å². The molecule has 1 atom stereocenters. The van der Waals surface area contributed by atoms with Crippen LogP contribution in [0.1, 0.15) is 12.6 Å². The first-order valence-electron chi connectivity index (χ1n) is 4.98. The molecule has 1 unspecified atom stereocenters. The van der Waals surface area contributed by atoms with Crippen molar-refractivity contribution in [2.45, 2.75) is 13.5 Å². The molecule has 0 saturated heterocycles. The Morgan fingerprint density at radius 1 is 1.50 bits per heavy atom. The highest BCUT2D eigenvalue weighted by atomic mass is 35.5. The van der Waals surface area contributed by atoms with Crippen LogP contribution in [0.4, 0.5) is 0 Å². The largest absolute Gasteiger partial charge is 0.319 e. The first-order chi connectivity index (χ1) is 7.56. The molecule has 0 bridgehead atoms. The van der Waals surface area contributed by atoms with E-state index in [1.54, 1.807) is 4.57 Å². The molecular formula is C9H15Cl2N3OS. The van der Waals surface area contributed by atoms with Crippen LogP contribution in [0.15, 0.2) is 0 Å². The number of hydrogen-bond donors (Lipinski definition) is 1. The molecule has 1 N–H and O–H groups in total. The predicted octanol–water partition coefficient (Wildman–Crippen LogP) is 1.59. The third kappa shape index (κ3) is 3.73. The van der Waals surface area contributed by atoms with E-state index in [0.29, 0.717) is 35.0 Å². The number of nitrogens with zero attached hydrogens (tertiary/aromatic N) is 2. The number of rotatable bonds is 6. The molecule has 4 nitrogen and oxygen atoms in total. The van der Waals surface area contributed by atoms with E-state index in [2.05, 4.69) is 10.3 Å². The molecule has 0 fully saturated rings. The van der Waals surface area contributed by atoms with E-state index in [-0.39, 0.29) is 0 Å². The van der Waals surface area contributed by atoms with Crippen molar-refractivity contribution in [3.63, 3.8) is 0 Å². The molecule has 0 radical (unpaired) electrons. The fourth-order valence-electron chi connectivity index (χ4n) is 1.20. The minimum absolute atomic E-state index is 0.374. The monoisotopic (exact) mass is 283 g/mol. The van der Waals surface area contributed by atoms with Crippen LogP contribution in [0, 0.1) is 0 Å². The first kappa shape index (κ1) is 14.0. The lowest BCUT2D eigenvalue weighted by Gasteiger charge is -2.05. The maximum absolute atomic E-state index is 11.2. The van der Waals surface area contributed by atoms with Gasteiger partial charge in [-0.2, -0.15) is 0 Å². The third-order valence-corrected chi connectivity index (χ3v) is 4.18. The van der Waals surface area contributed by atoms with Gasteiger partial charge in [-0.1, -0.05) is 18.5 Å². The Bertz CT molecular complexity index is 381. The number of halogens is 2. The highest BCUT2D eigenvalue weighted by molar-refractivity contribution is 7.84. The molecule has 16 heavy (non-hydrogen) atoms. The van der Waals surface area contributed by atoms with Crippen LogP contribution < -0.4 is 5.32 Å². The zero-order chi connectivity index (χ0) is 12.1. The summed E-state index contributed by atoms with van der Waals surface area (Å²) in [6.45, 7) is 3.18. The molecule has 1 heterocycles. The molecule has 1 aromatic rings. The zero-order valence-corrected chi connectivity index (χ0v) is 11.6. The maximum Gasteiger partial charge on any atom is 0.204 e. The summed E-state index contributed by atoms with van der Waals surface area (Å²) < 4.78 is 12.9. The van der Waals surface area contributed by atoms with Crippen molar-refractivity contribution in [2.24, 2.45) is 7.05 Å². The summed E-state index contributed by atoms with van der Waals surface area (Å²) in [5.74, 6) is 1.35. The average molecular weight is 284 g/mol. The molecule has 0 aliphatic carbocycles. The van der Waals surface area contributed by atoms with Crippen LogP contribution >= 0.6 is 23.2 Å². The highest BCUT2D eigenvalue weighted by Gasteiger charge is 2.10. The van der Waals surface area contributed by atoms with E-state index in [1.165, 1.54) is 0 Å². The summed E-state index contributed by atoms with van der Waals surface area (Å²) in [4.78, 5) is 3.93. The van der Waals surface area contributed by atoms with Gasteiger partial charge in [-0.3, -0.25) is 4.21 Å². The Balaban J connectivity index is 2.40. The maximum atomic E-state index is 11.2. The van der Waals surface area contributed by atoms with E-state index in [4.69, 9.17) is 23.2 Å². The van der Waals surface area contributed by atoms with Crippen LogP contribution in [-0.2, 0) is 24.4 Å². The molecule has 0 amide bonds. The van der Waals surface area contributed by atoms with Crippen molar-refractivity contribution >= 4 is 34.0 Å². The Morgan fingerprint density at radius 2 is 2.19 bits per heavy atom. The van der Waals surface area contributed by atoms with Crippen LogP contribution in [0.25, 0.3) is 0 Å². The Labute approximate surface area is 108 Å². The molecule has 0 aliphatic heterocycles. The molecule has 1 aromatic heterocycles. The Hall–Kier alpha value is -0.100. The quantitative estimate of drug-likeness (QED) is 0.807. The fraction of sp³-hybridized carbons (Fsp3) is 0.667. The predicted molar refractivity (Wildman–Crippen MR) is 68.5 cm³/mol. The van der Waals surface area contributed by atoms with Crippen molar-refractivity contribution in [3.8, 4) is 0 Å². The number of aromatic nitrogens is 2. The van der Waals surface area contributed by atoms with E-state index < -0.39 is 10.8 Å². The molecule has 7 heteroatoms. The van der Waals surface area contributed by atoms with Gasteiger partial charge in [0.2, 0.25) is 5.28 Å². The smallest absolute Gasteiger partial charge is 0.204 e. The van der Waals surface area contributed by atoms with Gasteiger partial charge in [0, 0.05) is 42.4 Å². The molecule has 1 rings (SSSR count). The fourth-order valence-corrected chi connectivity index (χ4v) is 2.36. The SMILES string of the molecule is CCS(=O)CCNCc1c(Cl)nc(Cl)n1C. The zero-order valence-electron chi connectivity index (χ0n) is 9.30. The van der Waals surface area contributed by atoms with Crippen molar-refractivity contribution in [2.75, 3.05) is 18.1 Å². The van der Waals surface area contributed by atoms with Gasteiger partial charge in [0.05, 0.1) is 5.69 Å². The molecule has 0 aliphatic rings. The van der Waals surface area contributed by atoms with Gasteiger partial charge in [-0.15, -0.1) is 0 Å². The van der Waals surface area contributed by atoms with Gasteiger partial charge in [-0.05, 0) is 11.6 Å². The Kier molecular flexibility index (Phi) is 5.75. The van der Waals surface area contributed by atoms with Gasteiger partial charge < -0.3 is 9.88 Å². The molecule has 92 valence electrons. The van der Waals surface area contributed by atoms with Crippen molar-refractivity contribution < 1.29 is 4.21 Å². The minimum atomic E-state index is -0.734.